The number of carbonyl (C=O) groups excluding carboxylic acids is 1. The van der Waals surface area contributed by atoms with Gasteiger partial charge in [-0.1, -0.05) is 32.0 Å². The molecule has 0 aliphatic heterocycles. The zero-order chi connectivity index (χ0) is 20.0. The molecule has 1 N–H and O–H groups in total. The lowest BCUT2D eigenvalue weighted by Gasteiger charge is -2.18. The zero-order valence-electron chi connectivity index (χ0n) is 15.8. The van der Waals surface area contributed by atoms with E-state index >= 15 is 0 Å². The molecule has 2 rings (SSSR count). The Morgan fingerprint density at radius 3 is 2.26 bits per heavy atom. The van der Waals surface area contributed by atoms with E-state index in [0.29, 0.717) is 25.9 Å². The van der Waals surface area contributed by atoms with Gasteiger partial charge in [0.1, 0.15) is 0 Å². The van der Waals surface area contributed by atoms with Gasteiger partial charge in [0, 0.05) is 24.0 Å². The Labute approximate surface area is 170 Å². The molecule has 0 aliphatic carbocycles. The maximum Gasteiger partial charge on any atom is 0.243 e. The molecule has 0 aliphatic rings. The number of anilines is 1. The highest BCUT2D eigenvalue weighted by Crippen LogP contribution is 2.23. The van der Waals surface area contributed by atoms with Crippen LogP contribution in [-0.2, 0) is 21.2 Å². The maximum atomic E-state index is 12.5. The van der Waals surface area contributed by atoms with Gasteiger partial charge < -0.3 is 5.32 Å². The Bertz CT molecular complexity index is 892. The summed E-state index contributed by atoms with van der Waals surface area (Å²) in [6, 6.07) is 12.5. The van der Waals surface area contributed by atoms with Gasteiger partial charge in [-0.15, -0.1) is 0 Å². The highest BCUT2D eigenvalue weighted by molar-refractivity contribution is 9.10. The number of carbonyl (C=O) groups is 1. The number of hydrogen-bond acceptors (Lipinski definition) is 3. The second-order valence-corrected chi connectivity index (χ2v) is 9.06. The Hall–Kier alpha value is -1.70. The van der Waals surface area contributed by atoms with Crippen LogP contribution < -0.4 is 5.32 Å². The van der Waals surface area contributed by atoms with Gasteiger partial charge in [-0.25, -0.2) is 8.42 Å². The first kappa shape index (κ1) is 21.6. The third-order valence-electron chi connectivity index (χ3n) is 4.31. The molecule has 2 aromatic rings. The fourth-order valence-electron chi connectivity index (χ4n) is 2.73. The number of nitrogens with one attached hydrogen (secondary N) is 1. The van der Waals surface area contributed by atoms with Crippen LogP contribution in [0.25, 0.3) is 0 Å². The minimum atomic E-state index is -3.45. The first-order valence-electron chi connectivity index (χ1n) is 8.93. The van der Waals surface area contributed by atoms with Crippen LogP contribution in [0.2, 0.25) is 0 Å². The molecule has 0 saturated heterocycles. The summed E-state index contributed by atoms with van der Waals surface area (Å²) in [5.74, 6) is -0.0839. The fourth-order valence-corrected chi connectivity index (χ4v) is 4.78. The van der Waals surface area contributed by atoms with E-state index in [9.17, 15) is 13.2 Å². The Kier molecular flexibility index (Phi) is 7.59. The second-order valence-electron chi connectivity index (χ2n) is 6.26. The van der Waals surface area contributed by atoms with Crippen LogP contribution in [0.1, 0.15) is 31.4 Å². The van der Waals surface area contributed by atoms with Gasteiger partial charge >= 0.3 is 0 Å². The van der Waals surface area contributed by atoms with Crippen LogP contribution in [0.15, 0.2) is 51.8 Å². The van der Waals surface area contributed by atoms with E-state index in [1.54, 1.807) is 24.3 Å². The molecule has 0 atom stereocenters. The summed E-state index contributed by atoms with van der Waals surface area (Å²) in [5, 5.41) is 2.89. The summed E-state index contributed by atoms with van der Waals surface area (Å²) in [6.45, 7) is 6.51. The molecule has 27 heavy (non-hydrogen) atoms. The Balaban J connectivity index is 1.97. The molecule has 0 fully saturated rings. The summed E-state index contributed by atoms with van der Waals surface area (Å²) in [6.07, 6.45) is 0.864. The first-order chi connectivity index (χ1) is 12.8. The lowest BCUT2D eigenvalue weighted by molar-refractivity contribution is -0.116. The quantitative estimate of drug-likeness (QED) is 0.646. The van der Waals surface area contributed by atoms with Crippen molar-refractivity contribution in [1.82, 2.24) is 4.31 Å². The van der Waals surface area contributed by atoms with Crippen LogP contribution >= 0.6 is 15.9 Å². The van der Waals surface area contributed by atoms with Crippen LogP contribution in [0.5, 0.6) is 0 Å². The van der Waals surface area contributed by atoms with Crippen LogP contribution in [0.4, 0.5) is 5.69 Å². The standard InChI is InChI=1S/C20H25BrN2O3S/c1-4-23(5-2)27(25,26)17-10-7-16(8-11-17)9-13-20(24)22-19-12-6-15(3)14-18(19)21/h6-8,10-12,14H,4-5,9,13H2,1-3H3,(H,22,24). The normalized spacial score (nSPS) is 11.6. The van der Waals surface area contributed by atoms with E-state index in [2.05, 4.69) is 21.2 Å². The van der Waals surface area contributed by atoms with Crippen molar-refractivity contribution in [1.29, 1.82) is 0 Å². The molecule has 0 spiro atoms. The smallest absolute Gasteiger partial charge is 0.243 e. The number of nitrogens with zero attached hydrogens (tertiary/aromatic N) is 1. The van der Waals surface area contributed by atoms with Crippen LogP contribution in [0.3, 0.4) is 0 Å². The monoisotopic (exact) mass is 452 g/mol. The van der Waals surface area contributed by atoms with Crippen molar-refractivity contribution in [3.8, 4) is 0 Å². The van der Waals surface area contributed by atoms with E-state index in [-0.39, 0.29) is 10.8 Å². The number of aryl methyl sites for hydroxylation is 2. The summed E-state index contributed by atoms with van der Waals surface area (Å²) < 4.78 is 27.3. The number of sulfonamides is 1. The molecular formula is C20H25BrN2O3S. The third kappa shape index (κ3) is 5.64. The topological polar surface area (TPSA) is 66.5 Å². The molecule has 0 radical (unpaired) electrons. The molecule has 2 aromatic carbocycles. The summed E-state index contributed by atoms with van der Waals surface area (Å²) in [4.78, 5) is 12.5. The van der Waals surface area contributed by atoms with Gasteiger partial charge in [0.05, 0.1) is 10.6 Å². The zero-order valence-corrected chi connectivity index (χ0v) is 18.2. The minimum absolute atomic E-state index is 0.0839. The summed E-state index contributed by atoms with van der Waals surface area (Å²) >= 11 is 3.45. The van der Waals surface area contributed by atoms with Crippen molar-refractivity contribution in [3.05, 3.63) is 58.1 Å². The molecule has 146 valence electrons. The molecule has 7 heteroatoms. The van der Waals surface area contributed by atoms with Gasteiger partial charge in [0.25, 0.3) is 0 Å². The molecule has 0 aromatic heterocycles. The van der Waals surface area contributed by atoms with Crippen molar-refractivity contribution < 1.29 is 13.2 Å². The number of benzene rings is 2. The SMILES string of the molecule is CCN(CC)S(=O)(=O)c1ccc(CCC(=O)Nc2ccc(C)cc2Br)cc1. The molecular weight excluding hydrogens is 428 g/mol. The lowest BCUT2D eigenvalue weighted by atomic mass is 10.1. The largest absolute Gasteiger partial charge is 0.325 e. The molecule has 0 bridgehead atoms. The van der Waals surface area contributed by atoms with E-state index in [0.717, 1.165) is 21.3 Å². The van der Waals surface area contributed by atoms with Gasteiger partial charge in [0.2, 0.25) is 15.9 Å². The fraction of sp³-hybridized carbons (Fsp3) is 0.350. The number of amides is 1. The van der Waals surface area contributed by atoms with Crippen molar-refractivity contribution in [2.45, 2.75) is 38.5 Å². The summed E-state index contributed by atoms with van der Waals surface area (Å²) in [5.41, 5.74) is 2.78. The predicted octanol–water partition coefficient (Wildman–Crippen LogP) is 4.36. The average molecular weight is 453 g/mol. The van der Waals surface area contributed by atoms with Crippen molar-refractivity contribution in [2.24, 2.45) is 0 Å². The molecule has 0 unspecified atom stereocenters. The van der Waals surface area contributed by atoms with Crippen molar-refractivity contribution in [3.63, 3.8) is 0 Å². The van der Waals surface area contributed by atoms with Gasteiger partial charge in [-0.3, -0.25) is 4.79 Å². The van der Waals surface area contributed by atoms with E-state index in [1.165, 1.54) is 4.31 Å². The number of hydrogen-bond donors (Lipinski definition) is 1. The van der Waals surface area contributed by atoms with E-state index < -0.39 is 10.0 Å². The predicted molar refractivity (Wildman–Crippen MR) is 112 cm³/mol. The van der Waals surface area contributed by atoms with Gasteiger partial charge in [-0.2, -0.15) is 4.31 Å². The second kappa shape index (κ2) is 9.48. The highest BCUT2D eigenvalue weighted by atomic mass is 79.9. The van der Waals surface area contributed by atoms with Crippen LogP contribution in [-0.4, -0.2) is 31.7 Å². The number of halogens is 1. The van der Waals surface area contributed by atoms with Crippen molar-refractivity contribution in [2.75, 3.05) is 18.4 Å². The molecule has 0 saturated carbocycles. The first-order valence-corrected chi connectivity index (χ1v) is 11.2. The average Bonchev–Trinajstić information content (AvgIpc) is 2.63. The summed E-state index contributed by atoms with van der Waals surface area (Å²) in [7, 11) is -3.45. The van der Waals surface area contributed by atoms with Gasteiger partial charge in [0.15, 0.2) is 0 Å². The lowest BCUT2D eigenvalue weighted by Crippen LogP contribution is -2.30. The van der Waals surface area contributed by atoms with E-state index in [1.807, 2.05) is 39.0 Å². The molecule has 5 nitrogen and oxygen atoms in total. The third-order valence-corrected chi connectivity index (χ3v) is 7.03. The Morgan fingerprint density at radius 2 is 1.70 bits per heavy atom. The van der Waals surface area contributed by atoms with Crippen LogP contribution in [0, 0.1) is 6.92 Å². The number of rotatable bonds is 8. The van der Waals surface area contributed by atoms with Gasteiger partial charge in [-0.05, 0) is 64.7 Å². The van der Waals surface area contributed by atoms with E-state index in [4.69, 9.17) is 0 Å². The molecule has 0 heterocycles. The Morgan fingerprint density at radius 1 is 1.07 bits per heavy atom. The minimum Gasteiger partial charge on any atom is -0.325 e. The molecule has 1 amide bonds. The highest BCUT2D eigenvalue weighted by Gasteiger charge is 2.21. The maximum absolute atomic E-state index is 12.5. The van der Waals surface area contributed by atoms with Crippen molar-refractivity contribution >= 4 is 37.5 Å².